The van der Waals surface area contributed by atoms with E-state index in [2.05, 4.69) is 42.4 Å². The molecule has 0 fully saturated rings. The minimum atomic E-state index is 0.0665. The molecule has 0 bridgehead atoms. The van der Waals surface area contributed by atoms with Crippen LogP contribution in [-0.2, 0) is 0 Å². The van der Waals surface area contributed by atoms with Gasteiger partial charge >= 0.3 is 0 Å². The van der Waals surface area contributed by atoms with Gasteiger partial charge in [0.1, 0.15) is 5.65 Å². The molecule has 2 rings (SSSR count). The van der Waals surface area contributed by atoms with Gasteiger partial charge in [-0.1, -0.05) is 19.9 Å². The minimum absolute atomic E-state index is 0.0665. The van der Waals surface area contributed by atoms with E-state index < -0.39 is 0 Å². The summed E-state index contributed by atoms with van der Waals surface area (Å²) in [5.74, 6) is 0.602. The zero-order valence-electron chi connectivity index (χ0n) is 10.1. The molecule has 2 aromatic rings. The maximum atomic E-state index is 6.20. The lowest BCUT2D eigenvalue weighted by Gasteiger charge is -2.13. The van der Waals surface area contributed by atoms with Crippen molar-refractivity contribution in [2.45, 2.75) is 33.2 Å². The molecule has 1 unspecified atom stereocenters. The smallest absolute Gasteiger partial charge is 0.136 e. The average molecular weight is 217 g/mol. The van der Waals surface area contributed by atoms with Crippen LogP contribution in [0.5, 0.6) is 0 Å². The molecule has 3 nitrogen and oxygen atoms in total. The third-order valence-corrected chi connectivity index (χ3v) is 2.79. The molecule has 0 aliphatic rings. The molecule has 0 saturated heterocycles. The minimum Gasteiger partial charge on any atom is -0.323 e. The van der Waals surface area contributed by atoms with Crippen molar-refractivity contribution >= 4 is 5.65 Å². The van der Waals surface area contributed by atoms with Crippen molar-refractivity contribution in [3.05, 3.63) is 35.8 Å². The van der Waals surface area contributed by atoms with Gasteiger partial charge in [0, 0.05) is 12.2 Å². The largest absolute Gasteiger partial charge is 0.323 e. The lowest BCUT2D eigenvalue weighted by atomic mass is 10.0. The van der Waals surface area contributed by atoms with Crippen molar-refractivity contribution in [3.8, 4) is 0 Å². The third kappa shape index (κ3) is 2.09. The fraction of sp³-hybridized carbons (Fsp3) is 0.462. The monoisotopic (exact) mass is 217 g/mol. The van der Waals surface area contributed by atoms with Crippen molar-refractivity contribution in [2.24, 2.45) is 11.7 Å². The molecule has 2 N–H and O–H groups in total. The van der Waals surface area contributed by atoms with Gasteiger partial charge in [0.05, 0.1) is 11.9 Å². The number of nitrogens with two attached hydrogens (primary N) is 1. The summed E-state index contributed by atoms with van der Waals surface area (Å²) in [6.45, 7) is 6.46. The van der Waals surface area contributed by atoms with Crippen LogP contribution in [0.15, 0.2) is 24.5 Å². The second kappa shape index (κ2) is 4.26. The number of fused-ring (bicyclic) bond motifs is 1. The maximum Gasteiger partial charge on any atom is 0.136 e. The first kappa shape index (κ1) is 11.1. The number of aryl methyl sites for hydroxylation is 1. The molecule has 0 aliphatic carbocycles. The van der Waals surface area contributed by atoms with E-state index in [1.807, 2.05) is 12.3 Å². The first-order valence-corrected chi connectivity index (χ1v) is 5.77. The summed E-state index contributed by atoms with van der Waals surface area (Å²) in [7, 11) is 0. The fourth-order valence-electron chi connectivity index (χ4n) is 2.01. The summed E-state index contributed by atoms with van der Waals surface area (Å²) < 4.78 is 2.10. The van der Waals surface area contributed by atoms with Gasteiger partial charge < -0.3 is 10.1 Å². The Balaban J connectivity index is 2.40. The Labute approximate surface area is 96.3 Å². The second-order valence-corrected chi connectivity index (χ2v) is 4.85. The summed E-state index contributed by atoms with van der Waals surface area (Å²) >= 11 is 0. The van der Waals surface area contributed by atoms with Gasteiger partial charge in [0.25, 0.3) is 0 Å². The quantitative estimate of drug-likeness (QED) is 0.859. The average Bonchev–Trinajstić information content (AvgIpc) is 2.59. The first-order valence-electron chi connectivity index (χ1n) is 5.77. The third-order valence-electron chi connectivity index (χ3n) is 2.79. The molecule has 3 heteroatoms. The summed E-state index contributed by atoms with van der Waals surface area (Å²) in [4.78, 5) is 4.37. The Morgan fingerprint density at radius 1 is 1.38 bits per heavy atom. The number of hydrogen-bond acceptors (Lipinski definition) is 2. The van der Waals surface area contributed by atoms with Crippen LogP contribution in [0.1, 0.15) is 37.6 Å². The molecular formula is C13H19N3. The van der Waals surface area contributed by atoms with Crippen LogP contribution in [0, 0.1) is 12.8 Å². The van der Waals surface area contributed by atoms with Crippen LogP contribution in [0.4, 0.5) is 0 Å². The van der Waals surface area contributed by atoms with E-state index in [0.717, 1.165) is 17.8 Å². The highest BCUT2D eigenvalue weighted by Crippen LogP contribution is 2.20. The van der Waals surface area contributed by atoms with Gasteiger partial charge in [-0.25, -0.2) is 4.98 Å². The van der Waals surface area contributed by atoms with Crippen molar-refractivity contribution < 1.29 is 0 Å². The lowest BCUT2D eigenvalue weighted by Crippen LogP contribution is -2.15. The maximum absolute atomic E-state index is 6.20. The van der Waals surface area contributed by atoms with Crippen molar-refractivity contribution in [3.63, 3.8) is 0 Å². The molecule has 2 heterocycles. The highest BCUT2D eigenvalue weighted by Gasteiger charge is 2.13. The molecule has 0 aromatic carbocycles. The number of nitrogens with zero attached hydrogens (tertiary/aromatic N) is 2. The number of pyridine rings is 1. The van der Waals surface area contributed by atoms with Gasteiger partial charge in [-0.15, -0.1) is 0 Å². The predicted octanol–water partition coefficient (Wildman–Crippen LogP) is 2.69. The standard InChI is InChI=1S/C13H19N3/c1-9(2)6-11(14)12-7-15-13-5-4-10(3)8-16(12)13/h4-5,7-9,11H,6,14H2,1-3H3. The van der Waals surface area contributed by atoms with E-state index in [9.17, 15) is 0 Å². The number of hydrogen-bond donors (Lipinski definition) is 1. The van der Waals surface area contributed by atoms with Crippen LogP contribution in [0.2, 0.25) is 0 Å². The zero-order chi connectivity index (χ0) is 11.7. The van der Waals surface area contributed by atoms with Gasteiger partial charge in [-0.3, -0.25) is 0 Å². The van der Waals surface area contributed by atoms with E-state index >= 15 is 0 Å². The van der Waals surface area contributed by atoms with Gasteiger partial charge in [-0.2, -0.15) is 0 Å². The fourth-order valence-corrected chi connectivity index (χ4v) is 2.01. The van der Waals surface area contributed by atoms with E-state index in [1.165, 1.54) is 5.56 Å². The van der Waals surface area contributed by atoms with Crippen LogP contribution in [0.3, 0.4) is 0 Å². The Kier molecular flexibility index (Phi) is 2.97. The molecule has 2 aromatic heterocycles. The molecule has 86 valence electrons. The van der Waals surface area contributed by atoms with Gasteiger partial charge in [-0.05, 0) is 30.9 Å². The molecule has 0 aliphatic heterocycles. The zero-order valence-corrected chi connectivity index (χ0v) is 10.1. The van der Waals surface area contributed by atoms with E-state index in [0.29, 0.717) is 5.92 Å². The Hall–Kier alpha value is -1.35. The molecule has 0 spiro atoms. The van der Waals surface area contributed by atoms with E-state index in [4.69, 9.17) is 5.73 Å². The lowest BCUT2D eigenvalue weighted by molar-refractivity contribution is 0.500. The highest BCUT2D eigenvalue weighted by atomic mass is 15.0. The van der Waals surface area contributed by atoms with Crippen molar-refractivity contribution in [1.29, 1.82) is 0 Å². The molecule has 0 amide bonds. The van der Waals surface area contributed by atoms with Crippen LogP contribution < -0.4 is 5.73 Å². The first-order chi connectivity index (χ1) is 7.58. The normalized spacial score (nSPS) is 13.6. The summed E-state index contributed by atoms with van der Waals surface area (Å²) in [6.07, 6.45) is 4.97. The van der Waals surface area contributed by atoms with E-state index in [-0.39, 0.29) is 6.04 Å². The van der Waals surface area contributed by atoms with Gasteiger partial charge in [0.2, 0.25) is 0 Å². The summed E-state index contributed by atoms with van der Waals surface area (Å²) in [5, 5.41) is 0. The molecule has 16 heavy (non-hydrogen) atoms. The van der Waals surface area contributed by atoms with Gasteiger partial charge in [0.15, 0.2) is 0 Å². The van der Waals surface area contributed by atoms with Crippen LogP contribution >= 0.6 is 0 Å². The predicted molar refractivity (Wildman–Crippen MR) is 66.3 cm³/mol. The Bertz CT molecular complexity index is 485. The number of rotatable bonds is 3. The highest BCUT2D eigenvalue weighted by molar-refractivity contribution is 5.42. The summed E-state index contributed by atoms with van der Waals surface area (Å²) in [5.41, 5.74) is 9.50. The number of imidazole rings is 1. The Morgan fingerprint density at radius 3 is 2.81 bits per heavy atom. The molecular weight excluding hydrogens is 198 g/mol. The van der Waals surface area contributed by atoms with Crippen molar-refractivity contribution in [1.82, 2.24) is 9.38 Å². The van der Waals surface area contributed by atoms with Crippen LogP contribution in [-0.4, -0.2) is 9.38 Å². The van der Waals surface area contributed by atoms with E-state index in [1.54, 1.807) is 0 Å². The summed E-state index contributed by atoms with van der Waals surface area (Å²) in [6, 6.07) is 4.16. The topological polar surface area (TPSA) is 43.3 Å². The second-order valence-electron chi connectivity index (χ2n) is 4.85. The van der Waals surface area contributed by atoms with Crippen LogP contribution in [0.25, 0.3) is 5.65 Å². The SMILES string of the molecule is Cc1ccc2ncc(C(N)CC(C)C)n2c1. The Morgan fingerprint density at radius 2 is 2.12 bits per heavy atom. The van der Waals surface area contributed by atoms with Crippen molar-refractivity contribution in [2.75, 3.05) is 0 Å². The molecule has 1 atom stereocenters. The molecule has 0 saturated carbocycles. The molecule has 0 radical (unpaired) electrons. The number of aromatic nitrogens is 2.